The third-order valence-corrected chi connectivity index (χ3v) is 3.26. The van der Waals surface area contributed by atoms with Gasteiger partial charge in [0.05, 0.1) is 12.7 Å². The second kappa shape index (κ2) is 5.52. The van der Waals surface area contributed by atoms with Crippen molar-refractivity contribution in [3.8, 4) is 0 Å². The molecule has 2 rings (SSSR count). The number of hydrogen-bond donors (Lipinski definition) is 1. The van der Waals surface area contributed by atoms with Crippen LogP contribution in [0.2, 0.25) is 0 Å². The molecule has 92 valence electrons. The molecule has 0 aliphatic carbocycles. The lowest BCUT2D eigenvalue weighted by molar-refractivity contribution is 0.0404. The van der Waals surface area contributed by atoms with Crippen LogP contribution in [0.15, 0.2) is 18.2 Å². The van der Waals surface area contributed by atoms with Crippen molar-refractivity contribution >= 4 is 17.5 Å². The minimum Gasteiger partial charge on any atom is -0.373 e. The molecular weight excluding hydrogens is 238 g/mol. The van der Waals surface area contributed by atoms with Crippen molar-refractivity contribution in [2.45, 2.75) is 18.9 Å². The van der Waals surface area contributed by atoms with Crippen molar-refractivity contribution in [2.24, 2.45) is 0 Å². The van der Waals surface area contributed by atoms with Gasteiger partial charge in [0.25, 0.3) is 5.91 Å². The number of carbonyl (C=O) groups is 1. The number of halogens is 1. The van der Waals surface area contributed by atoms with E-state index in [1.54, 1.807) is 7.05 Å². The SMILES string of the molecule is CNC(=O)c1ccc2c(c1)CCOC2CCCl. The molecule has 1 heterocycles. The summed E-state index contributed by atoms with van der Waals surface area (Å²) < 4.78 is 5.69. The summed E-state index contributed by atoms with van der Waals surface area (Å²) >= 11 is 5.76. The number of amides is 1. The van der Waals surface area contributed by atoms with Crippen LogP contribution in [0.3, 0.4) is 0 Å². The molecule has 0 spiro atoms. The average molecular weight is 254 g/mol. The molecule has 4 heteroatoms. The van der Waals surface area contributed by atoms with E-state index >= 15 is 0 Å². The predicted molar refractivity (Wildman–Crippen MR) is 67.6 cm³/mol. The number of alkyl halides is 1. The van der Waals surface area contributed by atoms with E-state index in [1.807, 2.05) is 18.2 Å². The van der Waals surface area contributed by atoms with Gasteiger partial charge in [0, 0.05) is 18.5 Å². The molecule has 0 saturated heterocycles. The molecular formula is C13H16ClNO2. The molecule has 3 nitrogen and oxygen atoms in total. The summed E-state index contributed by atoms with van der Waals surface area (Å²) in [6.45, 7) is 0.700. The largest absolute Gasteiger partial charge is 0.373 e. The van der Waals surface area contributed by atoms with Crippen molar-refractivity contribution in [3.63, 3.8) is 0 Å². The van der Waals surface area contributed by atoms with E-state index in [-0.39, 0.29) is 12.0 Å². The standard InChI is InChI=1S/C13H16ClNO2/c1-15-13(16)10-2-3-11-9(8-10)5-7-17-12(11)4-6-14/h2-3,8,12H,4-7H2,1H3,(H,15,16). The maximum Gasteiger partial charge on any atom is 0.251 e. The summed E-state index contributed by atoms with van der Waals surface area (Å²) in [7, 11) is 1.64. The van der Waals surface area contributed by atoms with Gasteiger partial charge in [-0.05, 0) is 36.1 Å². The van der Waals surface area contributed by atoms with E-state index in [0.29, 0.717) is 18.1 Å². The fourth-order valence-corrected chi connectivity index (χ4v) is 2.36. The normalized spacial score (nSPS) is 18.6. The van der Waals surface area contributed by atoms with Crippen LogP contribution >= 0.6 is 11.6 Å². The monoisotopic (exact) mass is 253 g/mol. The molecule has 0 fully saturated rings. The van der Waals surface area contributed by atoms with E-state index in [4.69, 9.17) is 16.3 Å². The molecule has 0 saturated carbocycles. The first-order valence-corrected chi connectivity index (χ1v) is 6.32. The third-order valence-electron chi connectivity index (χ3n) is 3.04. The van der Waals surface area contributed by atoms with Crippen LogP contribution in [0.4, 0.5) is 0 Å². The summed E-state index contributed by atoms with van der Waals surface area (Å²) in [6, 6.07) is 5.78. The molecule has 1 amide bonds. The van der Waals surface area contributed by atoms with Crippen LogP contribution in [0.25, 0.3) is 0 Å². The highest BCUT2D eigenvalue weighted by molar-refractivity contribution is 6.17. The van der Waals surface area contributed by atoms with E-state index in [0.717, 1.165) is 12.8 Å². The van der Waals surface area contributed by atoms with Gasteiger partial charge in [0.2, 0.25) is 0 Å². The van der Waals surface area contributed by atoms with Crippen LogP contribution in [-0.2, 0) is 11.2 Å². The smallest absolute Gasteiger partial charge is 0.251 e. The van der Waals surface area contributed by atoms with Crippen LogP contribution in [0.1, 0.15) is 34.0 Å². The Morgan fingerprint density at radius 3 is 3.12 bits per heavy atom. The zero-order valence-corrected chi connectivity index (χ0v) is 10.6. The van der Waals surface area contributed by atoms with Gasteiger partial charge in [-0.25, -0.2) is 0 Å². The Balaban J connectivity index is 2.29. The predicted octanol–water partition coefficient (Wildman–Crippen LogP) is 2.29. The molecule has 0 radical (unpaired) electrons. The number of carbonyl (C=O) groups excluding carboxylic acids is 1. The van der Waals surface area contributed by atoms with Crippen molar-refractivity contribution in [1.82, 2.24) is 5.32 Å². The van der Waals surface area contributed by atoms with Crippen LogP contribution in [0, 0.1) is 0 Å². The Morgan fingerprint density at radius 1 is 1.59 bits per heavy atom. The lowest BCUT2D eigenvalue weighted by Gasteiger charge is -2.26. The highest BCUT2D eigenvalue weighted by atomic mass is 35.5. The van der Waals surface area contributed by atoms with Gasteiger partial charge in [-0.15, -0.1) is 11.6 Å². The fraction of sp³-hybridized carbons (Fsp3) is 0.462. The summed E-state index contributed by atoms with van der Waals surface area (Å²) in [6.07, 6.45) is 1.75. The number of fused-ring (bicyclic) bond motifs is 1. The van der Waals surface area contributed by atoms with E-state index in [2.05, 4.69) is 5.32 Å². The summed E-state index contributed by atoms with van der Waals surface area (Å²) in [4.78, 5) is 11.5. The van der Waals surface area contributed by atoms with Gasteiger partial charge < -0.3 is 10.1 Å². The molecule has 0 bridgehead atoms. The van der Waals surface area contributed by atoms with Gasteiger partial charge in [-0.1, -0.05) is 6.07 Å². The summed E-state index contributed by atoms with van der Waals surface area (Å²) in [5, 5.41) is 2.63. The van der Waals surface area contributed by atoms with E-state index in [9.17, 15) is 4.79 Å². The molecule has 1 aliphatic heterocycles. The zero-order chi connectivity index (χ0) is 12.3. The van der Waals surface area contributed by atoms with Crippen LogP contribution < -0.4 is 5.32 Å². The Bertz CT molecular complexity index is 420. The fourth-order valence-electron chi connectivity index (χ4n) is 2.16. The highest BCUT2D eigenvalue weighted by Crippen LogP contribution is 2.30. The molecule has 0 aromatic heterocycles. The Hall–Kier alpha value is -1.06. The second-order valence-corrected chi connectivity index (χ2v) is 4.46. The quantitative estimate of drug-likeness (QED) is 0.840. The summed E-state index contributed by atoms with van der Waals surface area (Å²) in [5.74, 6) is 0.537. The molecule has 1 aliphatic rings. The van der Waals surface area contributed by atoms with Gasteiger partial charge in [0.15, 0.2) is 0 Å². The van der Waals surface area contributed by atoms with Crippen molar-refractivity contribution in [3.05, 3.63) is 34.9 Å². The number of benzene rings is 1. The molecule has 1 aromatic rings. The Labute approximate surface area is 106 Å². The minimum absolute atomic E-state index is 0.0480. The Kier molecular flexibility index (Phi) is 4.02. The third kappa shape index (κ3) is 2.61. The molecule has 1 unspecified atom stereocenters. The average Bonchev–Trinajstić information content (AvgIpc) is 2.38. The van der Waals surface area contributed by atoms with Gasteiger partial charge in [-0.3, -0.25) is 4.79 Å². The van der Waals surface area contributed by atoms with Gasteiger partial charge in [-0.2, -0.15) is 0 Å². The maximum atomic E-state index is 11.5. The Morgan fingerprint density at radius 2 is 2.41 bits per heavy atom. The van der Waals surface area contributed by atoms with E-state index in [1.165, 1.54) is 11.1 Å². The number of nitrogens with one attached hydrogen (secondary N) is 1. The second-order valence-electron chi connectivity index (χ2n) is 4.08. The van der Waals surface area contributed by atoms with Crippen molar-refractivity contribution in [2.75, 3.05) is 19.5 Å². The number of hydrogen-bond acceptors (Lipinski definition) is 2. The lowest BCUT2D eigenvalue weighted by atomic mass is 9.94. The van der Waals surface area contributed by atoms with Crippen molar-refractivity contribution < 1.29 is 9.53 Å². The van der Waals surface area contributed by atoms with Gasteiger partial charge >= 0.3 is 0 Å². The van der Waals surface area contributed by atoms with Crippen molar-refractivity contribution in [1.29, 1.82) is 0 Å². The topological polar surface area (TPSA) is 38.3 Å². The number of rotatable bonds is 3. The minimum atomic E-state index is -0.0480. The highest BCUT2D eigenvalue weighted by Gasteiger charge is 2.21. The van der Waals surface area contributed by atoms with E-state index < -0.39 is 0 Å². The zero-order valence-electron chi connectivity index (χ0n) is 9.83. The maximum absolute atomic E-state index is 11.5. The van der Waals surface area contributed by atoms with Gasteiger partial charge in [0.1, 0.15) is 0 Å². The molecule has 1 N–H and O–H groups in total. The number of ether oxygens (including phenoxy) is 1. The molecule has 1 aromatic carbocycles. The van der Waals surface area contributed by atoms with Crippen LogP contribution in [-0.4, -0.2) is 25.4 Å². The molecule has 17 heavy (non-hydrogen) atoms. The van der Waals surface area contributed by atoms with Crippen LogP contribution in [0.5, 0.6) is 0 Å². The first-order chi connectivity index (χ1) is 8.26. The first-order valence-electron chi connectivity index (χ1n) is 5.78. The summed E-state index contributed by atoms with van der Waals surface area (Å²) in [5.41, 5.74) is 3.08. The first kappa shape index (κ1) is 12.4. The lowest BCUT2D eigenvalue weighted by Crippen LogP contribution is -2.21. The molecule has 1 atom stereocenters.